The lowest BCUT2D eigenvalue weighted by molar-refractivity contribution is -0.384. The summed E-state index contributed by atoms with van der Waals surface area (Å²) < 4.78 is 54.0. The van der Waals surface area contributed by atoms with E-state index >= 15 is 0 Å². The van der Waals surface area contributed by atoms with E-state index in [-0.39, 0.29) is 84.9 Å². The molecule has 14 nitrogen and oxygen atoms in total. The van der Waals surface area contributed by atoms with Crippen molar-refractivity contribution in [1.29, 1.82) is 0 Å². The van der Waals surface area contributed by atoms with Gasteiger partial charge in [0.15, 0.2) is 0 Å². The highest BCUT2D eigenvalue weighted by molar-refractivity contribution is 7.89. The van der Waals surface area contributed by atoms with Gasteiger partial charge < -0.3 is 9.80 Å². The molecule has 0 aliphatic carbocycles. The number of anilines is 2. The van der Waals surface area contributed by atoms with Crippen LogP contribution in [-0.4, -0.2) is 87.7 Å². The maximum absolute atomic E-state index is 12.9. The molecule has 1 aliphatic heterocycles. The molecule has 0 atom stereocenters. The Morgan fingerprint density at radius 2 is 0.950 bits per heavy atom. The normalized spacial score (nSPS) is 14.7. The number of hydrogen-bond acceptors (Lipinski definition) is 10. The molecule has 0 radical (unpaired) electrons. The van der Waals surface area contributed by atoms with Crippen molar-refractivity contribution in [3.05, 3.63) is 56.6 Å². The first kappa shape index (κ1) is 31.2. The number of hydrogen-bond donors (Lipinski definition) is 0. The van der Waals surface area contributed by atoms with Crippen molar-refractivity contribution < 1.29 is 26.7 Å². The minimum Gasteiger partial charge on any atom is -0.362 e. The van der Waals surface area contributed by atoms with Crippen LogP contribution in [0.1, 0.15) is 27.7 Å². The molecule has 1 aliphatic rings. The average Bonchev–Trinajstić information content (AvgIpc) is 2.93. The lowest BCUT2D eigenvalue weighted by atomic mass is 10.2. The predicted octanol–water partition coefficient (Wildman–Crippen LogP) is 2.89. The molecule has 1 saturated heterocycles. The summed E-state index contributed by atoms with van der Waals surface area (Å²) in [5.74, 6) is 0. The zero-order chi connectivity index (χ0) is 29.8. The molecule has 1 heterocycles. The Hall–Kier alpha value is -3.34. The molecule has 0 amide bonds. The second kappa shape index (κ2) is 12.4. The summed E-state index contributed by atoms with van der Waals surface area (Å²) in [6.07, 6.45) is 0. The molecular formula is C24H34N6O8S2. The van der Waals surface area contributed by atoms with Crippen LogP contribution in [0.5, 0.6) is 0 Å². The van der Waals surface area contributed by atoms with Crippen LogP contribution < -0.4 is 9.80 Å². The number of nitro groups is 2. The maximum Gasteiger partial charge on any atom is 0.293 e. The zero-order valence-electron chi connectivity index (χ0n) is 22.9. The number of rotatable bonds is 12. The number of nitro benzene ring substituents is 2. The third-order valence-corrected chi connectivity index (χ3v) is 11.0. The molecule has 0 N–H and O–H groups in total. The Morgan fingerprint density at radius 3 is 1.20 bits per heavy atom. The van der Waals surface area contributed by atoms with Gasteiger partial charge in [0, 0.05) is 64.5 Å². The standard InChI is InChI=1S/C24H34N6O8S2/c1-5-27(6-2)39(35,36)19-9-11-21(23(17-19)29(31)32)25-13-15-26(16-14-25)22-12-10-20(18-24(22)30(33)34)40(37,38)28(7-3)8-4/h9-12,17-18H,5-8,13-16H2,1-4H3. The van der Waals surface area contributed by atoms with E-state index in [4.69, 9.17) is 0 Å². The maximum atomic E-state index is 12.9. The molecule has 16 heteroatoms. The second-order valence-corrected chi connectivity index (χ2v) is 12.8. The average molecular weight is 599 g/mol. The van der Waals surface area contributed by atoms with Crippen LogP contribution in [0.4, 0.5) is 22.7 Å². The molecule has 0 spiro atoms. The van der Waals surface area contributed by atoms with Crippen LogP contribution in [0, 0.1) is 20.2 Å². The Morgan fingerprint density at radius 1 is 0.650 bits per heavy atom. The molecule has 0 saturated carbocycles. The summed E-state index contributed by atoms with van der Waals surface area (Å²) in [5.41, 5.74) is -0.200. The van der Waals surface area contributed by atoms with Gasteiger partial charge in [-0.3, -0.25) is 20.2 Å². The summed E-state index contributed by atoms with van der Waals surface area (Å²) in [6.45, 7) is 8.70. The monoisotopic (exact) mass is 598 g/mol. The fraction of sp³-hybridized carbons (Fsp3) is 0.500. The van der Waals surface area contributed by atoms with Crippen molar-refractivity contribution in [1.82, 2.24) is 8.61 Å². The first-order valence-electron chi connectivity index (χ1n) is 12.9. The summed E-state index contributed by atoms with van der Waals surface area (Å²) in [6, 6.07) is 7.66. The molecule has 1 fully saturated rings. The number of benzene rings is 2. The van der Waals surface area contributed by atoms with E-state index in [0.29, 0.717) is 0 Å². The van der Waals surface area contributed by atoms with Crippen molar-refractivity contribution in [2.75, 3.05) is 62.2 Å². The lowest BCUT2D eigenvalue weighted by Gasteiger charge is -2.37. The quantitative estimate of drug-likeness (QED) is 0.262. The molecule has 0 unspecified atom stereocenters. The Kier molecular flexibility index (Phi) is 9.71. The second-order valence-electron chi connectivity index (χ2n) is 8.97. The van der Waals surface area contributed by atoms with E-state index < -0.39 is 29.9 Å². The van der Waals surface area contributed by atoms with Crippen LogP contribution in [0.3, 0.4) is 0 Å². The summed E-state index contributed by atoms with van der Waals surface area (Å²) in [7, 11) is -7.79. The molecule has 3 rings (SSSR count). The van der Waals surface area contributed by atoms with E-state index in [1.165, 1.54) is 32.9 Å². The van der Waals surface area contributed by atoms with Crippen LogP contribution in [-0.2, 0) is 20.0 Å². The van der Waals surface area contributed by atoms with E-state index in [2.05, 4.69) is 0 Å². The molecule has 40 heavy (non-hydrogen) atoms. The fourth-order valence-electron chi connectivity index (χ4n) is 4.77. The zero-order valence-corrected chi connectivity index (χ0v) is 24.5. The third-order valence-electron chi connectivity index (χ3n) is 6.93. The predicted molar refractivity (Wildman–Crippen MR) is 151 cm³/mol. The van der Waals surface area contributed by atoms with Gasteiger partial charge in [-0.05, 0) is 24.3 Å². The molecule has 0 aromatic heterocycles. The third kappa shape index (κ3) is 6.04. The van der Waals surface area contributed by atoms with Crippen molar-refractivity contribution in [2.45, 2.75) is 37.5 Å². The van der Waals surface area contributed by atoms with Crippen molar-refractivity contribution in [2.24, 2.45) is 0 Å². The van der Waals surface area contributed by atoms with Crippen LogP contribution in [0.15, 0.2) is 46.2 Å². The molecule has 0 bridgehead atoms. The van der Waals surface area contributed by atoms with Crippen molar-refractivity contribution in [3.8, 4) is 0 Å². The van der Waals surface area contributed by atoms with E-state index in [1.807, 2.05) is 0 Å². The van der Waals surface area contributed by atoms with Gasteiger partial charge in [-0.25, -0.2) is 16.8 Å². The fourth-order valence-corrected chi connectivity index (χ4v) is 7.73. The van der Waals surface area contributed by atoms with Gasteiger partial charge in [0.05, 0.1) is 19.6 Å². The lowest BCUT2D eigenvalue weighted by Crippen LogP contribution is -2.47. The minimum absolute atomic E-state index is 0.166. The van der Waals surface area contributed by atoms with Crippen LogP contribution in [0.2, 0.25) is 0 Å². The van der Waals surface area contributed by atoms with Gasteiger partial charge in [-0.15, -0.1) is 0 Å². The molecule has 220 valence electrons. The van der Waals surface area contributed by atoms with Gasteiger partial charge in [0.1, 0.15) is 11.4 Å². The minimum atomic E-state index is -3.89. The molecule has 2 aromatic rings. The summed E-state index contributed by atoms with van der Waals surface area (Å²) in [4.78, 5) is 25.7. The first-order chi connectivity index (χ1) is 18.8. The van der Waals surface area contributed by atoms with Crippen LogP contribution in [0.25, 0.3) is 0 Å². The van der Waals surface area contributed by atoms with E-state index in [9.17, 15) is 37.1 Å². The molecular weight excluding hydrogens is 564 g/mol. The smallest absolute Gasteiger partial charge is 0.293 e. The van der Waals surface area contributed by atoms with Gasteiger partial charge in [-0.2, -0.15) is 8.61 Å². The highest BCUT2D eigenvalue weighted by Crippen LogP contribution is 2.35. The first-order valence-corrected chi connectivity index (χ1v) is 15.8. The van der Waals surface area contributed by atoms with Crippen molar-refractivity contribution >= 4 is 42.8 Å². The number of sulfonamides is 2. The highest BCUT2D eigenvalue weighted by Gasteiger charge is 2.31. The van der Waals surface area contributed by atoms with Gasteiger partial charge >= 0.3 is 0 Å². The number of piperazine rings is 1. The Balaban J connectivity index is 1.88. The Labute approximate surface area is 234 Å². The largest absolute Gasteiger partial charge is 0.362 e. The van der Waals surface area contributed by atoms with E-state index in [0.717, 1.165) is 12.1 Å². The summed E-state index contributed by atoms with van der Waals surface area (Å²) in [5, 5.41) is 23.8. The van der Waals surface area contributed by atoms with Gasteiger partial charge in [-0.1, -0.05) is 27.7 Å². The van der Waals surface area contributed by atoms with Gasteiger partial charge in [0.25, 0.3) is 11.4 Å². The topological polar surface area (TPSA) is 168 Å². The van der Waals surface area contributed by atoms with Crippen LogP contribution >= 0.6 is 0 Å². The van der Waals surface area contributed by atoms with Gasteiger partial charge in [0.2, 0.25) is 20.0 Å². The van der Waals surface area contributed by atoms with E-state index in [1.54, 1.807) is 37.5 Å². The number of nitrogens with zero attached hydrogens (tertiary/aromatic N) is 6. The SMILES string of the molecule is CCN(CC)S(=O)(=O)c1ccc(N2CCN(c3ccc(S(=O)(=O)N(CC)CC)cc3[N+](=O)[O-])CC2)c([N+](=O)[O-])c1. The highest BCUT2D eigenvalue weighted by atomic mass is 32.2. The Bertz CT molecular complexity index is 1350. The van der Waals surface area contributed by atoms with Crippen molar-refractivity contribution in [3.63, 3.8) is 0 Å². The molecule has 2 aromatic carbocycles. The summed E-state index contributed by atoms with van der Waals surface area (Å²) >= 11 is 0.